The fourth-order valence-corrected chi connectivity index (χ4v) is 3.01. The number of hydrogen-bond acceptors (Lipinski definition) is 5. The van der Waals surface area contributed by atoms with E-state index in [0.29, 0.717) is 29.3 Å². The predicted molar refractivity (Wildman–Crippen MR) is 78.4 cm³/mol. The molecule has 21 heavy (non-hydrogen) atoms. The molecule has 1 saturated heterocycles. The van der Waals surface area contributed by atoms with Gasteiger partial charge < -0.3 is 15.0 Å². The van der Waals surface area contributed by atoms with Crippen LogP contribution in [0, 0.1) is 0 Å². The second-order valence-corrected chi connectivity index (χ2v) is 5.83. The highest BCUT2D eigenvalue weighted by Crippen LogP contribution is 2.17. The van der Waals surface area contributed by atoms with Gasteiger partial charge in [-0.05, 0) is 25.0 Å². The van der Waals surface area contributed by atoms with Crippen LogP contribution in [0.1, 0.15) is 38.6 Å². The van der Waals surface area contributed by atoms with E-state index in [0.717, 1.165) is 30.7 Å². The SMILES string of the molecule is COC(=O)c1ccc(C(=O)NCCCN2CCCC2=O)s1. The van der Waals surface area contributed by atoms with Crippen molar-refractivity contribution in [2.24, 2.45) is 0 Å². The zero-order valence-corrected chi connectivity index (χ0v) is 12.7. The summed E-state index contributed by atoms with van der Waals surface area (Å²) >= 11 is 1.11. The summed E-state index contributed by atoms with van der Waals surface area (Å²) in [5.74, 6) is -0.447. The van der Waals surface area contributed by atoms with Crippen molar-refractivity contribution in [2.45, 2.75) is 19.3 Å². The van der Waals surface area contributed by atoms with E-state index in [2.05, 4.69) is 10.1 Å². The molecule has 1 aliphatic heterocycles. The predicted octanol–water partition coefficient (Wildman–Crippen LogP) is 1.28. The van der Waals surface area contributed by atoms with Crippen molar-refractivity contribution in [2.75, 3.05) is 26.7 Å². The van der Waals surface area contributed by atoms with Gasteiger partial charge in [0, 0.05) is 26.1 Å². The van der Waals surface area contributed by atoms with Gasteiger partial charge in [-0.2, -0.15) is 0 Å². The quantitative estimate of drug-likeness (QED) is 0.634. The largest absolute Gasteiger partial charge is 0.465 e. The van der Waals surface area contributed by atoms with Gasteiger partial charge in [-0.25, -0.2) is 4.79 Å². The molecule has 2 heterocycles. The minimum atomic E-state index is -0.438. The van der Waals surface area contributed by atoms with Crippen LogP contribution in [0.4, 0.5) is 0 Å². The zero-order chi connectivity index (χ0) is 15.2. The van der Waals surface area contributed by atoms with Crippen molar-refractivity contribution in [3.63, 3.8) is 0 Å². The summed E-state index contributed by atoms with van der Waals surface area (Å²) < 4.78 is 4.60. The van der Waals surface area contributed by atoms with Gasteiger partial charge in [-0.15, -0.1) is 11.3 Å². The van der Waals surface area contributed by atoms with E-state index in [1.54, 1.807) is 12.1 Å². The minimum absolute atomic E-state index is 0.197. The molecule has 0 saturated carbocycles. The Morgan fingerprint density at radius 3 is 2.81 bits per heavy atom. The third kappa shape index (κ3) is 4.04. The highest BCUT2D eigenvalue weighted by molar-refractivity contribution is 7.15. The Morgan fingerprint density at radius 1 is 1.38 bits per heavy atom. The lowest BCUT2D eigenvalue weighted by molar-refractivity contribution is -0.127. The van der Waals surface area contributed by atoms with Crippen LogP contribution in [0.5, 0.6) is 0 Å². The van der Waals surface area contributed by atoms with Gasteiger partial charge in [0.2, 0.25) is 5.91 Å². The lowest BCUT2D eigenvalue weighted by atomic mass is 10.3. The Hall–Kier alpha value is -1.89. The molecule has 1 aromatic heterocycles. The molecule has 114 valence electrons. The van der Waals surface area contributed by atoms with Crippen molar-refractivity contribution in [3.05, 3.63) is 21.9 Å². The molecule has 0 radical (unpaired) electrons. The van der Waals surface area contributed by atoms with Crippen LogP contribution in [0.3, 0.4) is 0 Å². The maximum absolute atomic E-state index is 11.9. The van der Waals surface area contributed by atoms with Crippen molar-refractivity contribution >= 4 is 29.1 Å². The number of methoxy groups -OCH3 is 1. The number of esters is 1. The van der Waals surface area contributed by atoms with E-state index in [1.165, 1.54) is 7.11 Å². The summed E-state index contributed by atoms with van der Waals surface area (Å²) in [6.07, 6.45) is 2.29. The number of rotatable bonds is 6. The van der Waals surface area contributed by atoms with E-state index >= 15 is 0 Å². The molecule has 2 amide bonds. The van der Waals surface area contributed by atoms with E-state index in [4.69, 9.17) is 0 Å². The standard InChI is InChI=1S/C14H18N2O4S/c1-20-14(19)11-6-5-10(21-11)13(18)15-7-3-9-16-8-2-4-12(16)17/h5-6H,2-4,7-9H2,1H3,(H,15,18). The molecule has 6 nitrogen and oxygen atoms in total. The summed E-state index contributed by atoms with van der Waals surface area (Å²) in [5.41, 5.74) is 0. The van der Waals surface area contributed by atoms with E-state index in [9.17, 15) is 14.4 Å². The van der Waals surface area contributed by atoms with Crippen LogP contribution in [0.15, 0.2) is 12.1 Å². The van der Waals surface area contributed by atoms with Gasteiger partial charge in [0.1, 0.15) is 4.88 Å². The van der Waals surface area contributed by atoms with Crippen molar-refractivity contribution in [3.8, 4) is 0 Å². The average Bonchev–Trinajstić information content (AvgIpc) is 3.12. The maximum Gasteiger partial charge on any atom is 0.348 e. The highest BCUT2D eigenvalue weighted by Gasteiger charge is 2.19. The number of amides is 2. The third-order valence-corrected chi connectivity index (χ3v) is 4.34. The van der Waals surface area contributed by atoms with Crippen molar-refractivity contribution < 1.29 is 19.1 Å². The number of likely N-dealkylation sites (tertiary alicyclic amines) is 1. The molecule has 0 aromatic carbocycles. The maximum atomic E-state index is 11.9. The molecule has 0 aliphatic carbocycles. The normalized spacial score (nSPS) is 14.3. The second kappa shape index (κ2) is 7.21. The van der Waals surface area contributed by atoms with Gasteiger partial charge in [0.05, 0.1) is 12.0 Å². The van der Waals surface area contributed by atoms with Crippen LogP contribution < -0.4 is 5.32 Å². The van der Waals surface area contributed by atoms with Crippen LogP contribution in [-0.4, -0.2) is 49.4 Å². The molecule has 1 fully saturated rings. The average molecular weight is 310 g/mol. The fourth-order valence-electron chi connectivity index (χ4n) is 2.17. The highest BCUT2D eigenvalue weighted by atomic mass is 32.1. The van der Waals surface area contributed by atoms with Gasteiger partial charge in [0.15, 0.2) is 0 Å². The summed E-state index contributed by atoms with van der Waals surface area (Å²) in [6.45, 7) is 2.01. The lowest BCUT2D eigenvalue weighted by Gasteiger charge is -2.15. The van der Waals surface area contributed by atoms with E-state index in [1.807, 2.05) is 4.90 Å². The molecule has 0 atom stereocenters. The number of hydrogen-bond donors (Lipinski definition) is 1. The van der Waals surface area contributed by atoms with E-state index in [-0.39, 0.29) is 11.8 Å². The Kier molecular flexibility index (Phi) is 5.32. The topological polar surface area (TPSA) is 75.7 Å². The van der Waals surface area contributed by atoms with Gasteiger partial charge in [0.25, 0.3) is 5.91 Å². The van der Waals surface area contributed by atoms with Gasteiger partial charge in [-0.3, -0.25) is 9.59 Å². The molecule has 1 N–H and O–H groups in total. The lowest BCUT2D eigenvalue weighted by Crippen LogP contribution is -2.30. The van der Waals surface area contributed by atoms with Gasteiger partial charge in [-0.1, -0.05) is 0 Å². The summed E-state index contributed by atoms with van der Waals surface area (Å²) in [7, 11) is 1.31. The molecule has 0 unspecified atom stereocenters. The molecule has 0 bridgehead atoms. The van der Waals surface area contributed by atoms with Crippen molar-refractivity contribution in [1.29, 1.82) is 0 Å². The Bertz CT molecular complexity index is 541. The summed E-state index contributed by atoms with van der Waals surface area (Å²) in [4.78, 5) is 37.3. The van der Waals surface area contributed by atoms with Crippen molar-refractivity contribution in [1.82, 2.24) is 10.2 Å². The Morgan fingerprint density at radius 2 is 2.14 bits per heavy atom. The molecule has 1 aliphatic rings. The first-order valence-electron chi connectivity index (χ1n) is 6.86. The molecule has 1 aromatic rings. The monoisotopic (exact) mass is 310 g/mol. The number of ether oxygens (including phenoxy) is 1. The van der Waals surface area contributed by atoms with Crippen LogP contribution in [0.25, 0.3) is 0 Å². The van der Waals surface area contributed by atoms with Gasteiger partial charge >= 0.3 is 5.97 Å². The number of carbonyl (C=O) groups excluding carboxylic acids is 3. The van der Waals surface area contributed by atoms with Crippen LogP contribution >= 0.6 is 11.3 Å². The molecule has 7 heteroatoms. The molecular formula is C14H18N2O4S. The third-order valence-electron chi connectivity index (χ3n) is 3.28. The number of thiophene rings is 1. The summed E-state index contributed by atoms with van der Waals surface area (Å²) in [5, 5.41) is 2.79. The molecule has 2 rings (SSSR count). The second-order valence-electron chi connectivity index (χ2n) is 4.75. The minimum Gasteiger partial charge on any atom is -0.465 e. The summed E-state index contributed by atoms with van der Waals surface area (Å²) in [6, 6.07) is 3.19. The Balaban J connectivity index is 1.73. The number of nitrogens with one attached hydrogen (secondary N) is 1. The molecular weight excluding hydrogens is 292 g/mol. The first-order valence-corrected chi connectivity index (χ1v) is 7.67. The van der Waals surface area contributed by atoms with Crippen LogP contribution in [0.2, 0.25) is 0 Å². The first-order chi connectivity index (χ1) is 10.1. The number of nitrogens with zero attached hydrogens (tertiary/aromatic N) is 1. The molecule has 0 spiro atoms. The van der Waals surface area contributed by atoms with Crippen LogP contribution in [-0.2, 0) is 9.53 Å². The smallest absolute Gasteiger partial charge is 0.348 e. The Labute approximate surface area is 127 Å². The first kappa shape index (κ1) is 15.5. The fraction of sp³-hybridized carbons (Fsp3) is 0.500. The van der Waals surface area contributed by atoms with E-state index < -0.39 is 5.97 Å². The number of carbonyl (C=O) groups is 3. The zero-order valence-electron chi connectivity index (χ0n) is 11.9.